The molecular formula is C10H8ClNO4S. The first-order valence-electron chi connectivity index (χ1n) is 4.54. The average molecular weight is 274 g/mol. The number of rotatable bonds is 2. The number of benzene rings is 1. The molecule has 2 rings (SSSR count). The Bertz CT molecular complexity index is 606. The number of nitrogens with zero attached hydrogens (tertiary/aromatic N) is 1. The third-order valence-electron chi connectivity index (χ3n) is 2.00. The third-order valence-corrected chi connectivity index (χ3v) is 3.98. The van der Waals surface area contributed by atoms with Crippen molar-refractivity contribution in [3.05, 3.63) is 34.8 Å². The molecule has 0 saturated heterocycles. The number of hydrogen-bond donors (Lipinski definition) is 0. The highest BCUT2D eigenvalue weighted by Gasteiger charge is 2.30. The van der Waals surface area contributed by atoms with Gasteiger partial charge in [-0.1, -0.05) is 17.7 Å². The van der Waals surface area contributed by atoms with Crippen LogP contribution in [0.1, 0.15) is 0 Å². The van der Waals surface area contributed by atoms with Gasteiger partial charge in [0, 0.05) is 6.07 Å². The summed E-state index contributed by atoms with van der Waals surface area (Å²) in [6.45, 7) is 0. The summed E-state index contributed by atoms with van der Waals surface area (Å²) in [5.74, 6) is 0.865. The molecule has 0 spiro atoms. The predicted molar refractivity (Wildman–Crippen MR) is 63.9 cm³/mol. The van der Waals surface area contributed by atoms with E-state index in [0.717, 1.165) is 6.20 Å². The topological polar surface area (TPSA) is 65.0 Å². The maximum absolute atomic E-state index is 11.6. The van der Waals surface area contributed by atoms with Crippen molar-refractivity contribution in [3.8, 4) is 11.5 Å². The van der Waals surface area contributed by atoms with Gasteiger partial charge in [-0.3, -0.25) is 0 Å². The van der Waals surface area contributed by atoms with Gasteiger partial charge in [0.05, 0.1) is 13.3 Å². The van der Waals surface area contributed by atoms with E-state index in [-0.39, 0.29) is 4.36 Å². The second-order valence-corrected chi connectivity index (χ2v) is 5.54. The van der Waals surface area contributed by atoms with Gasteiger partial charge in [-0.05, 0) is 12.1 Å². The van der Waals surface area contributed by atoms with Crippen molar-refractivity contribution < 1.29 is 17.9 Å². The smallest absolute Gasteiger partial charge is 0.321 e. The minimum absolute atomic E-state index is 0.312. The van der Waals surface area contributed by atoms with E-state index in [1.54, 1.807) is 24.3 Å². The normalized spacial score (nSPS) is 17.3. The number of ether oxygens (including phenoxy) is 2. The number of aliphatic imine (C=N–C) groups is 1. The molecule has 1 aromatic rings. The SMILES string of the molecule is COc1cccc(OC2=NC=C(Cl)S2(=O)=O)c1. The van der Waals surface area contributed by atoms with Crippen LogP contribution < -0.4 is 9.47 Å². The van der Waals surface area contributed by atoms with E-state index >= 15 is 0 Å². The summed E-state index contributed by atoms with van der Waals surface area (Å²) < 4.78 is 32.9. The number of hydrogen-bond acceptors (Lipinski definition) is 5. The lowest BCUT2D eigenvalue weighted by atomic mass is 10.3. The molecule has 1 heterocycles. The minimum Gasteiger partial charge on any atom is -0.497 e. The molecule has 7 heteroatoms. The Morgan fingerprint density at radius 1 is 1.29 bits per heavy atom. The summed E-state index contributed by atoms with van der Waals surface area (Å²) in [4.78, 5) is 3.59. The van der Waals surface area contributed by atoms with Crippen LogP contribution in [0, 0.1) is 0 Å². The van der Waals surface area contributed by atoms with E-state index < -0.39 is 15.1 Å². The first-order valence-corrected chi connectivity index (χ1v) is 6.40. The molecule has 5 nitrogen and oxygen atoms in total. The summed E-state index contributed by atoms with van der Waals surface area (Å²) in [5, 5.41) is -0.434. The molecule has 0 bridgehead atoms. The second-order valence-electron chi connectivity index (χ2n) is 3.11. The molecule has 0 atom stereocenters. The maximum atomic E-state index is 11.6. The summed E-state index contributed by atoms with van der Waals surface area (Å²) in [6.07, 6.45) is 1.03. The quantitative estimate of drug-likeness (QED) is 0.825. The lowest BCUT2D eigenvalue weighted by Gasteiger charge is -2.06. The molecule has 0 amide bonds. The second kappa shape index (κ2) is 4.38. The molecule has 90 valence electrons. The maximum Gasteiger partial charge on any atom is 0.321 e. The molecule has 0 radical (unpaired) electrons. The van der Waals surface area contributed by atoms with Gasteiger partial charge in [0.15, 0.2) is 4.36 Å². The van der Waals surface area contributed by atoms with Gasteiger partial charge in [-0.15, -0.1) is 0 Å². The monoisotopic (exact) mass is 273 g/mol. The molecular weight excluding hydrogens is 266 g/mol. The summed E-state index contributed by atoms with van der Waals surface area (Å²) in [5.41, 5.74) is 0. The predicted octanol–water partition coefficient (Wildman–Crippen LogP) is 1.90. The summed E-state index contributed by atoms with van der Waals surface area (Å²) in [7, 11) is -2.27. The van der Waals surface area contributed by atoms with E-state index in [1.807, 2.05) is 0 Å². The molecule has 0 saturated carbocycles. The molecule has 17 heavy (non-hydrogen) atoms. The van der Waals surface area contributed by atoms with Crippen LogP contribution in [0.4, 0.5) is 0 Å². The Balaban J connectivity index is 2.24. The Morgan fingerprint density at radius 2 is 2.00 bits per heavy atom. The zero-order valence-corrected chi connectivity index (χ0v) is 10.3. The highest BCUT2D eigenvalue weighted by atomic mass is 35.5. The largest absolute Gasteiger partial charge is 0.497 e. The van der Waals surface area contributed by atoms with Gasteiger partial charge in [-0.25, -0.2) is 13.4 Å². The van der Waals surface area contributed by atoms with Gasteiger partial charge in [-0.2, -0.15) is 0 Å². The highest BCUT2D eigenvalue weighted by Crippen LogP contribution is 2.25. The van der Waals surface area contributed by atoms with Gasteiger partial charge >= 0.3 is 5.23 Å². The highest BCUT2D eigenvalue weighted by molar-refractivity contribution is 8.10. The van der Waals surface area contributed by atoms with Crippen LogP contribution in [-0.2, 0) is 9.84 Å². The van der Waals surface area contributed by atoms with Crippen molar-refractivity contribution in [2.45, 2.75) is 0 Å². The third kappa shape index (κ3) is 2.27. The van der Waals surface area contributed by atoms with Crippen LogP contribution >= 0.6 is 11.6 Å². The fraction of sp³-hybridized carbons (Fsp3) is 0.100. The minimum atomic E-state index is -3.77. The lowest BCUT2D eigenvalue weighted by molar-refractivity contribution is 0.412. The van der Waals surface area contributed by atoms with Crippen LogP contribution in [0.5, 0.6) is 11.5 Å². The standard InChI is InChI=1S/C10H8ClNO4S/c1-15-7-3-2-4-8(5-7)16-10-12-6-9(11)17(10,13)14/h2-6H,1H3. The molecule has 1 aliphatic rings. The average Bonchev–Trinajstić information content (AvgIpc) is 2.56. The molecule has 0 unspecified atom stereocenters. The Morgan fingerprint density at radius 3 is 2.59 bits per heavy atom. The Kier molecular flexibility index (Phi) is 3.08. The van der Waals surface area contributed by atoms with Crippen molar-refractivity contribution in [2.24, 2.45) is 4.99 Å². The Hall–Kier alpha value is -1.53. The van der Waals surface area contributed by atoms with Crippen LogP contribution in [0.2, 0.25) is 0 Å². The fourth-order valence-corrected chi connectivity index (χ4v) is 2.17. The number of methoxy groups -OCH3 is 1. The van der Waals surface area contributed by atoms with Crippen LogP contribution in [0.25, 0.3) is 0 Å². The van der Waals surface area contributed by atoms with E-state index in [1.165, 1.54) is 7.11 Å². The molecule has 0 aliphatic carbocycles. The van der Waals surface area contributed by atoms with Crippen molar-refractivity contribution >= 4 is 26.7 Å². The summed E-state index contributed by atoms with van der Waals surface area (Å²) >= 11 is 5.48. The molecule has 0 fully saturated rings. The van der Waals surface area contributed by atoms with Crippen molar-refractivity contribution in [3.63, 3.8) is 0 Å². The lowest BCUT2D eigenvalue weighted by Crippen LogP contribution is -2.17. The van der Waals surface area contributed by atoms with Gasteiger partial charge in [0.1, 0.15) is 11.5 Å². The zero-order chi connectivity index (χ0) is 12.5. The van der Waals surface area contributed by atoms with Crippen LogP contribution in [0.15, 0.2) is 39.8 Å². The number of sulfone groups is 1. The van der Waals surface area contributed by atoms with Crippen LogP contribution in [0.3, 0.4) is 0 Å². The number of halogens is 1. The molecule has 0 N–H and O–H groups in total. The van der Waals surface area contributed by atoms with Crippen molar-refractivity contribution in [1.82, 2.24) is 0 Å². The van der Waals surface area contributed by atoms with Crippen molar-refractivity contribution in [1.29, 1.82) is 0 Å². The molecule has 1 aromatic carbocycles. The van der Waals surface area contributed by atoms with E-state index in [0.29, 0.717) is 11.5 Å². The van der Waals surface area contributed by atoms with Gasteiger partial charge in [0.2, 0.25) is 0 Å². The zero-order valence-electron chi connectivity index (χ0n) is 8.75. The molecule has 1 aliphatic heterocycles. The van der Waals surface area contributed by atoms with Crippen molar-refractivity contribution in [2.75, 3.05) is 7.11 Å². The fourth-order valence-electron chi connectivity index (χ4n) is 1.17. The van der Waals surface area contributed by atoms with E-state index in [9.17, 15) is 8.42 Å². The molecule has 0 aromatic heterocycles. The first kappa shape index (κ1) is 11.9. The first-order chi connectivity index (χ1) is 8.04. The summed E-state index contributed by atoms with van der Waals surface area (Å²) in [6, 6.07) is 6.52. The van der Waals surface area contributed by atoms with Gasteiger partial charge < -0.3 is 9.47 Å². The van der Waals surface area contributed by atoms with Gasteiger partial charge in [0.25, 0.3) is 9.84 Å². The Labute approximate surface area is 103 Å². The van der Waals surface area contributed by atoms with E-state index in [4.69, 9.17) is 21.1 Å². The van der Waals surface area contributed by atoms with Crippen LogP contribution in [-0.4, -0.2) is 20.8 Å². The van der Waals surface area contributed by atoms with E-state index in [2.05, 4.69) is 4.99 Å².